The van der Waals surface area contributed by atoms with Crippen LogP contribution in [-0.4, -0.2) is 21.7 Å². The molecule has 0 aliphatic rings. The fourth-order valence-corrected chi connectivity index (χ4v) is 2.78. The van der Waals surface area contributed by atoms with Gasteiger partial charge >= 0.3 is 6.18 Å². The van der Waals surface area contributed by atoms with Crippen LogP contribution in [0.25, 0.3) is 0 Å². The number of hydrogen-bond acceptors (Lipinski definition) is 3. The van der Waals surface area contributed by atoms with Crippen LogP contribution in [-0.2, 0) is 19.6 Å². The first kappa shape index (κ1) is 15.6. The largest absolute Gasteiger partial charge is 0.435 e. The molecular weight excluding hydrogens is 303 g/mol. The first-order valence-electron chi connectivity index (χ1n) is 6.21. The number of carbonyl (C=O) groups excluding carboxylic acids is 1. The SMILES string of the molecule is CC(Cc1cccs1)NC(=O)c1cn(C)nc1C(F)(F)F. The van der Waals surface area contributed by atoms with Gasteiger partial charge in [-0.25, -0.2) is 0 Å². The highest BCUT2D eigenvalue weighted by molar-refractivity contribution is 7.09. The van der Waals surface area contributed by atoms with E-state index in [-0.39, 0.29) is 6.04 Å². The number of rotatable bonds is 4. The van der Waals surface area contributed by atoms with Gasteiger partial charge in [0.2, 0.25) is 0 Å². The first-order valence-corrected chi connectivity index (χ1v) is 7.09. The smallest absolute Gasteiger partial charge is 0.349 e. The summed E-state index contributed by atoms with van der Waals surface area (Å²) in [5.74, 6) is -0.764. The van der Waals surface area contributed by atoms with Gasteiger partial charge in [0.15, 0.2) is 5.69 Å². The third-order valence-corrected chi connectivity index (χ3v) is 3.71. The van der Waals surface area contributed by atoms with Gasteiger partial charge in [0, 0.05) is 30.6 Å². The van der Waals surface area contributed by atoms with Gasteiger partial charge in [-0.1, -0.05) is 6.07 Å². The third kappa shape index (κ3) is 3.84. The minimum absolute atomic E-state index is 0.266. The van der Waals surface area contributed by atoms with Gasteiger partial charge in [-0.15, -0.1) is 11.3 Å². The molecule has 0 spiro atoms. The average Bonchev–Trinajstić information content (AvgIpc) is 2.97. The Hall–Kier alpha value is -1.83. The van der Waals surface area contributed by atoms with Crippen molar-refractivity contribution in [2.45, 2.75) is 25.6 Å². The van der Waals surface area contributed by atoms with E-state index in [0.717, 1.165) is 15.8 Å². The van der Waals surface area contributed by atoms with Crippen molar-refractivity contribution in [2.24, 2.45) is 7.05 Å². The Bertz CT molecular complexity index is 619. The zero-order chi connectivity index (χ0) is 15.6. The average molecular weight is 317 g/mol. The molecule has 0 aromatic carbocycles. The Morgan fingerprint density at radius 2 is 2.24 bits per heavy atom. The van der Waals surface area contributed by atoms with E-state index in [1.54, 1.807) is 6.92 Å². The zero-order valence-electron chi connectivity index (χ0n) is 11.4. The molecule has 2 rings (SSSR count). The van der Waals surface area contributed by atoms with Crippen molar-refractivity contribution in [1.29, 1.82) is 0 Å². The maximum Gasteiger partial charge on any atom is 0.435 e. The molecule has 8 heteroatoms. The van der Waals surface area contributed by atoms with Crippen LogP contribution in [0, 0.1) is 0 Å². The van der Waals surface area contributed by atoms with Crippen molar-refractivity contribution >= 4 is 17.2 Å². The van der Waals surface area contributed by atoms with E-state index in [2.05, 4.69) is 10.4 Å². The summed E-state index contributed by atoms with van der Waals surface area (Å²) in [5.41, 5.74) is -1.62. The maximum atomic E-state index is 12.8. The van der Waals surface area contributed by atoms with Gasteiger partial charge < -0.3 is 5.32 Å². The van der Waals surface area contributed by atoms with Gasteiger partial charge in [0.25, 0.3) is 5.91 Å². The van der Waals surface area contributed by atoms with E-state index in [1.165, 1.54) is 18.4 Å². The molecule has 1 unspecified atom stereocenters. The number of aromatic nitrogens is 2. The number of hydrogen-bond donors (Lipinski definition) is 1. The lowest BCUT2D eigenvalue weighted by Crippen LogP contribution is -2.34. The van der Waals surface area contributed by atoms with Crippen LogP contribution >= 0.6 is 11.3 Å². The summed E-state index contributed by atoms with van der Waals surface area (Å²) in [4.78, 5) is 13.1. The minimum atomic E-state index is -4.65. The second-order valence-corrected chi connectivity index (χ2v) is 5.75. The van der Waals surface area contributed by atoms with Crippen LogP contribution in [0.15, 0.2) is 23.7 Å². The lowest BCUT2D eigenvalue weighted by atomic mass is 10.1. The minimum Gasteiger partial charge on any atom is -0.349 e. The summed E-state index contributed by atoms with van der Waals surface area (Å²) in [6.07, 6.45) is -2.99. The Kier molecular flexibility index (Phi) is 4.36. The molecule has 0 aliphatic heterocycles. The predicted molar refractivity (Wildman–Crippen MR) is 73.2 cm³/mol. The van der Waals surface area contributed by atoms with Gasteiger partial charge in [-0.2, -0.15) is 18.3 Å². The van der Waals surface area contributed by atoms with Crippen LogP contribution in [0.2, 0.25) is 0 Å². The number of carbonyl (C=O) groups is 1. The molecule has 2 heterocycles. The summed E-state index contributed by atoms with van der Waals surface area (Å²) >= 11 is 1.54. The molecule has 0 saturated heterocycles. The topological polar surface area (TPSA) is 46.9 Å². The van der Waals surface area contributed by atoms with Crippen molar-refractivity contribution in [1.82, 2.24) is 15.1 Å². The Balaban J connectivity index is 2.10. The zero-order valence-corrected chi connectivity index (χ0v) is 12.3. The van der Waals surface area contributed by atoms with E-state index < -0.39 is 23.3 Å². The molecule has 2 aromatic rings. The predicted octanol–water partition coefficient (Wildman–Crippen LogP) is 2.86. The highest BCUT2D eigenvalue weighted by atomic mass is 32.1. The summed E-state index contributed by atoms with van der Waals surface area (Å²) in [5, 5.41) is 7.80. The van der Waals surface area contributed by atoms with Crippen molar-refractivity contribution in [3.05, 3.63) is 39.8 Å². The second-order valence-electron chi connectivity index (χ2n) is 4.72. The van der Waals surface area contributed by atoms with Gasteiger partial charge in [-0.3, -0.25) is 9.48 Å². The van der Waals surface area contributed by atoms with E-state index in [9.17, 15) is 18.0 Å². The second kappa shape index (κ2) is 5.88. The van der Waals surface area contributed by atoms with Crippen LogP contribution in [0.1, 0.15) is 27.9 Å². The monoisotopic (exact) mass is 317 g/mol. The lowest BCUT2D eigenvalue weighted by molar-refractivity contribution is -0.141. The number of nitrogens with zero attached hydrogens (tertiary/aromatic N) is 2. The molecule has 114 valence electrons. The van der Waals surface area contributed by atoms with Gasteiger partial charge in [-0.05, 0) is 18.4 Å². The van der Waals surface area contributed by atoms with Gasteiger partial charge in [0.1, 0.15) is 0 Å². The Labute approximate surface area is 123 Å². The van der Waals surface area contributed by atoms with Gasteiger partial charge in [0.05, 0.1) is 5.56 Å². The fourth-order valence-electron chi connectivity index (χ4n) is 1.95. The van der Waals surface area contributed by atoms with Crippen LogP contribution in [0.5, 0.6) is 0 Å². The van der Waals surface area contributed by atoms with Crippen molar-refractivity contribution in [3.8, 4) is 0 Å². The molecule has 4 nitrogen and oxygen atoms in total. The highest BCUT2D eigenvalue weighted by Gasteiger charge is 2.39. The third-order valence-electron chi connectivity index (χ3n) is 2.81. The number of aryl methyl sites for hydroxylation is 1. The molecule has 1 atom stereocenters. The number of amides is 1. The summed E-state index contributed by atoms with van der Waals surface area (Å²) < 4.78 is 39.4. The Morgan fingerprint density at radius 1 is 1.52 bits per heavy atom. The summed E-state index contributed by atoms with van der Waals surface area (Å²) in [6, 6.07) is 3.54. The number of alkyl halides is 3. The highest BCUT2D eigenvalue weighted by Crippen LogP contribution is 2.30. The molecule has 1 amide bonds. The lowest BCUT2D eigenvalue weighted by Gasteiger charge is -2.13. The van der Waals surface area contributed by atoms with Crippen LogP contribution < -0.4 is 5.32 Å². The molecule has 0 bridgehead atoms. The molecular formula is C13H14F3N3OS. The van der Waals surface area contributed by atoms with Crippen molar-refractivity contribution in [3.63, 3.8) is 0 Å². The van der Waals surface area contributed by atoms with E-state index >= 15 is 0 Å². The molecule has 0 fully saturated rings. The normalized spacial score (nSPS) is 13.2. The number of halogens is 3. The standard InChI is InChI=1S/C13H14F3N3OS/c1-8(6-9-4-3-5-21-9)17-12(20)10-7-19(2)18-11(10)13(14,15)16/h3-5,7-8H,6H2,1-2H3,(H,17,20). The molecule has 1 N–H and O–H groups in total. The number of nitrogens with one attached hydrogen (secondary N) is 1. The van der Waals surface area contributed by atoms with Crippen molar-refractivity contribution < 1.29 is 18.0 Å². The fraction of sp³-hybridized carbons (Fsp3) is 0.385. The molecule has 0 radical (unpaired) electrons. The van der Waals surface area contributed by atoms with Crippen molar-refractivity contribution in [2.75, 3.05) is 0 Å². The van der Waals surface area contributed by atoms with Crippen LogP contribution in [0.3, 0.4) is 0 Å². The van der Waals surface area contributed by atoms with Crippen LogP contribution in [0.4, 0.5) is 13.2 Å². The Morgan fingerprint density at radius 3 is 2.81 bits per heavy atom. The molecule has 2 aromatic heterocycles. The van der Waals surface area contributed by atoms with E-state index in [4.69, 9.17) is 0 Å². The maximum absolute atomic E-state index is 12.8. The molecule has 0 aliphatic carbocycles. The first-order chi connectivity index (χ1) is 9.77. The summed E-state index contributed by atoms with van der Waals surface area (Å²) in [7, 11) is 1.35. The number of thiophene rings is 1. The summed E-state index contributed by atoms with van der Waals surface area (Å²) in [6.45, 7) is 1.75. The van der Waals surface area contributed by atoms with E-state index in [1.807, 2.05) is 17.5 Å². The molecule has 21 heavy (non-hydrogen) atoms. The van der Waals surface area contributed by atoms with E-state index in [0.29, 0.717) is 6.42 Å². The quantitative estimate of drug-likeness (QED) is 0.942. The molecule has 0 saturated carbocycles.